The van der Waals surface area contributed by atoms with Crippen molar-refractivity contribution in [3.05, 3.63) is 103 Å². The van der Waals surface area contributed by atoms with E-state index in [0.29, 0.717) is 0 Å². The van der Waals surface area contributed by atoms with Gasteiger partial charge in [-0.15, -0.1) is 0 Å². The Morgan fingerprint density at radius 1 is 0.829 bits per heavy atom. The molecule has 35 heavy (non-hydrogen) atoms. The minimum atomic E-state index is -4.47. The van der Waals surface area contributed by atoms with Crippen LogP contribution in [0, 0.1) is 0 Å². The van der Waals surface area contributed by atoms with Gasteiger partial charge in [0, 0.05) is 34.2 Å². The van der Waals surface area contributed by atoms with Crippen molar-refractivity contribution >= 4 is 39.0 Å². The zero-order valence-corrected chi connectivity index (χ0v) is 18.4. The van der Waals surface area contributed by atoms with Gasteiger partial charge in [0.25, 0.3) is 0 Å². The summed E-state index contributed by atoms with van der Waals surface area (Å²) >= 11 is 0. The fraction of sp³-hybridized carbons (Fsp3) is 0.0741. The Morgan fingerprint density at radius 2 is 1.60 bits per heavy atom. The lowest BCUT2D eigenvalue weighted by Gasteiger charge is -2.25. The summed E-state index contributed by atoms with van der Waals surface area (Å²) in [4.78, 5) is 4.53. The maximum Gasteiger partial charge on any atom is 0.417 e. The molecule has 0 saturated heterocycles. The van der Waals surface area contributed by atoms with Gasteiger partial charge in [0.1, 0.15) is 0 Å². The van der Waals surface area contributed by atoms with Crippen LogP contribution in [-0.4, -0.2) is 32.8 Å². The predicted molar refractivity (Wildman–Crippen MR) is 133 cm³/mol. The van der Waals surface area contributed by atoms with Crippen LogP contribution in [0.25, 0.3) is 38.4 Å². The summed E-state index contributed by atoms with van der Waals surface area (Å²) in [6, 6.07) is 24.3. The second kappa shape index (κ2) is 7.89. The highest BCUT2D eigenvalue weighted by molar-refractivity contribution is 6.19. The topological polar surface area (TPSA) is 51.5 Å². The maximum atomic E-state index is 13.0. The molecule has 1 aliphatic rings. The molecular formula is C27H20F3N5. The second-order valence-electron chi connectivity index (χ2n) is 8.37. The zero-order valence-electron chi connectivity index (χ0n) is 18.4. The van der Waals surface area contributed by atoms with Gasteiger partial charge in [0.2, 0.25) is 0 Å². The fourth-order valence-electron chi connectivity index (χ4n) is 4.64. The molecule has 2 N–H and O–H groups in total. The number of hydrogen-bond donors (Lipinski definition) is 1. The number of hydrazine groups is 1. The van der Waals surface area contributed by atoms with Crippen molar-refractivity contribution in [3.63, 3.8) is 0 Å². The zero-order chi connectivity index (χ0) is 24.2. The van der Waals surface area contributed by atoms with Crippen LogP contribution < -0.4 is 5.84 Å². The highest BCUT2D eigenvalue weighted by Gasteiger charge is 2.34. The molecule has 0 aliphatic carbocycles. The van der Waals surface area contributed by atoms with Crippen LogP contribution in [0.5, 0.6) is 0 Å². The van der Waals surface area contributed by atoms with E-state index in [1.54, 1.807) is 6.34 Å². The highest BCUT2D eigenvalue weighted by Crippen LogP contribution is 2.35. The standard InChI is InChI=1S/C27H20F3N5/c28-27(29,30)18-10-13-25(35(31)16-18)32-17-34-23-9-5-4-8-20(23)21-11-12-24-22(26(21)34)14-15-33(24)19-6-2-1-3-7-19/h1-17,25H,31H2/b32-17+. The van der Waals surface area contributed by atoms with Crippen LogP contribution in [0.4, 0.5) is 13.2 Å². The number of para-hydroxylation sites is 2. The summed E-state index contributed by atoms with van der Waals surface area (Å²) in [6.45, 7) is 0. The monoisotopic (exact) mass is 471 g/mol. The van der Waals surface area contributed by atoms with E-state index in [4.69, 9.17) is 5.84 Å². The van der Waals surface area contributed by atoms with Gasteiger partial charge < -0.3 is 4.57 Å². The van der Waals surface area contributed by atoms with Crippen LogP contribution >= 0.6 is 0 Å². The van der Waals surface area contributed by atoms with Gasteiger partial charge in [-0.25, -0.2) is 10.8 Å². The number of aromatic nitrogens is 2. The Balaban J connectivity index is 1.51. The van der Waals surface area contributed by atoms with Crippen molar-refractivity contribution < 1.29 is 13.2 Å². The third kappa shape index (κ3) is 3.50. The quantitative estimate of drug-likeness (QED) is 0.195. The Bertz CT molecular complexity index is 1650. The number of allylic oxidation sites excluding steroid dienone is 2. The smallest absolute Gasteiger partial charge is 0.316 e. The predicted octanol–water partition coefficient (Wildman–Crippen LogP) is 6.13. The molecule has 2 aromatic heterocycles. The number of halogens is 3. The molecule has 8 heteroatoms. The molecule has 6 rings (SSSR count). The summed E-state index contributed by atoms with van der Waals surface area (Å²) in [7, 11) is 0. The SMILES string of the molecule is NN1C=C(C(F)(F)F)C=CC1/N=C/n1c2ccccc2c2ccc3c(ccn3-c3ccccc3)c21. The van der Waals surface area contributed by atoms with Gasteiger partial charge in [-0.3, -0.25) is 9.58 Å². The second-order valence-corrected chi connectivity index (χ2v) is 8.37. The number of nitrogens with zero attached hydrogens (tertiary/aromatic N) is 4. The number of alkyl halides is 3. The Labute approximate surface area is 198 Å². The number of nitrogens with two attached hydrogens (primary N) is 1. The van der Waals surface area contributed by atoms with Gasteiger partial charge in [-0.05, 0) is 42.5 Å². The number of fused-ring (bicyclic) bond motifs is 5. The first-order valence-electron chi connectivity index (χ1n) is 11.0. The first-order chi connectivity index (χ1) is 16.9. The first-order valence-corrected chi connectivity index (χ1v) is 11.0. The summed E-state index contributed by atoms with van der Waals surface area (Å²) in [5.74, 6) is 5.87. The van der Waals surface area contributed by atoms with Crippen molar-refractivity contribution in [1.29, 1.82) is 0 Å². The molecule has 0 radical (unpaired) electrons. The molecule has 5 aromatic rings. The third-order valence-corrected chi connectivity index (χ3v) is 6.28. The fourth-order valence-corrected chi connectivity index (χ4v) is 4.64. The van der Waals surface area contributed by atoms with Gasteiger partial charge in [-0.1, -0.05) is 42.5 Å². The molecular weight excluding hydrogens is 451 g/mol. The molecule has 3 heterocycles. The van der Waals surface area contributed by atoms with E-state index < -0.39 is 17.9 Å². The minimum absolute atomic E-state index is 0.759. The van der Waals surface area contributed by atoms with E-state index in [2.05, 4.69) is 46.0 Å². The van der Waals surface area contributed by atoms with E-state index in [9.17, 15) is 13.2 Å². The van der Waals surface area contributed by atoms with E-state index in [-0.39, 0.29) is 0 Å². The number of aliphatic imine (C=N–C) groups is 1. The Kier molecular flexibility index (Phi) is 4.79. The third-order valence-electron chi connectivity index (χ3n) is 6.28. The molecule has 3 aromatic carbocycles. The summed E-state index contributed by atoms with van der Waals surface area (Å²) in [5, 5.41) is 4.13. The van der Waals surface area contributed by atoms with Crippen LogP contribution in [-0.2, 0) is 0 Å². The lowest BCUT2D eigenvalue weighted by molar-refractivity contribution is -0.0898. The van der Waals surface area contributed by atoms with Crippen LogP contribution in [0.3, 0.4) is 0 Å². The van der Waals surface area contributed by atoms with E-state index in [1.807, 2.05) is 47.2 Å². The normalized spacial score (nSPS) is 16.7. The molecule has 0 saturated carbocycles. The van der Waals surface area contributed by atoms with Gasteiger partial charge in [0.05, 0.1) is 28.5 Å². The van der Waals surface area contributed by atoms with Crippen molar-refractivity contribution in [2.75, 3.05) is 0 Å². The minimum Gasteiger partial charge on any atom is -0.316 e. The van der Waals surface area contributed by atoms with Gasteiger partial charge >= 0.3 is 6.18 Å². The van der Waals surface area contributed by atoms with Crippen LogP contribution in [0.1, 0.15) is 0 Å². The molecule has 1 atom stereocenters. The molecule has 0 spiro atoms. The number of rotatable bonds is 3. The largest absolute Gasteiger partial charge is 0.417 e. The highest BCUT2D eigenvalue weighted by atomic mass is 19.4. The van der Waals surface area contributed by atoms with Crippen molar-refractivity contribution in [2.24, 2.45) is 10.8 Å². The summed E-state index contributed by atoms with van der Waals surface area (Å²) in [5.41, 5.74) is 3.19. The van der Waals surface area contributed by atoms with Crippen molar-refractivity contribution in [1.82, 2.24) is 14.1 Å². The van der Waals surface area contributed by atoms with Gasteiger partial charge in [0.15, 0.2) is 6.17 Å². The maximum absolute atomic E-state index is 13.0. The summed E-state index contributed by atoms with van der Waals surface area (Å²) in [6.07, 6.45) is 1.67. The van der Waals surface area contributed by atoms with Gasteiger partial charge in [-0.2, -0.15) is 13.2 Å². The van der Waals surface area contributed by atoms with E-state index in [1.165, 1.54) is 6.08 Å². The molecule has 174 valence electrons. The molecule has 1 unspecified atom stereocenters. The Morgan fingerprint density at radius 3 is 2.37 bits per heavy atom. The number of hydrogen-bond acceptors (Lipinski definition) is 3. The van der Waals surface area contributed by atoms with Crippen molar-refractivity contribution in [2.45, 2.75) is 12.3 Å². The van der Waals surface area contributed by atoms with Crippen LogP contribution in [0.15, 0.2) is 108 Å². The van der Waals surface area contributed by atoms with E-state index >= 15 is 0 Å². The average molecular weight is 471 g/mol. The molecule has 0 fully saturated rings. The first kappa shape index (κ1) is 21.2. The lowest BCUT2D eigenvalue weighted by Crippen LogP contribution is -2.37. The average Bonchev–Trinajstić information content (AvgIpc) is 3.42. The van der Waals surface area contributed by atoms with E-state index in [0.717, 1.165) is 55.7 Å². The van der Waals surface area contributed by atoms with Crippen molar-refractivity contribution in [3.8, 4) is 5.69 Å². The number of benzene rings is 3. The molecule has 1 aliphatic heterocycles. The molecule has 0 amide bonds. The Hall–Kier alpha value is -4.30. The van der Waals surface area contributed by atoms with Crippen LogP contribution in [0.2, 0.25) is 0 Å². The lowest BCUT2D eigenvalue weighted by atomic mass is 10.1. The molecule has 5 nitrogen and oxygen atoms in total. The molecule has 0 bridgehead atoms. The summed E-state index contributed by atoms with van der Waals surface area (Å²) < 4.78 is 43.2.